The smallest absolute Gasteiger partial charge is 0.0440 e. The van der Waals surface area contributed by atoms with E-state index in [2.05, 4.69) is 32.0 Å². The Morgan fingerprint density at radius 1 is 1.35 bits per heavy atom. The van der Waals surface area contributed by atoms with Gasteiger partial charge in [-0.25, -0.2) is 0 Å². The Bertz CT molecular complexity index is 389. The fourth-order valence-corrected chi connectivity index (χ4v) is 3.17. The zero-order chi connectivity index (χ0) is 12.4. The Hall–Kier alpha value is -0.530. The number of rotatable bonds is 2. The average molecular weight is 252 g/mol. The zero-order valence-corrected chi connectivity index (χ0v) is 11.5. The maximum absolute atomic E-state index is 6.29. The summed E-state index contributed by atoms with van der Waals surface area (Å²) >= 11 is 6.29. The largest absolute Gasteiger partial charge is 0.327 e. The van der Waals surface area contributed by atoms with Gasteiger partial charge in [0.1, 0.15) is 0 Å². The van der Waals surface area contributed by atoms with Crippen LogP contribution < -0.4 is 5.73 Å². The summed E-state index contributed by atoms with van der Waals surface area (Å²) in [6.45, 7) is 4.40. The van der Waals surface area contributed by atoms with Gasteiger partial charge in [-0.2, -0.15) is 0 Å². The van der Waals surface area contributed by atoms with E-state index in [1.807, 2.05) is 0 Å². The number of benzene rings is 1. The predicted octanol–water partition coefficient (Wildman–Crippen LogP) is 3.95. The van der Waals surface area contributed by atoms with Crippen LogP contribution in [-0.4, -0.2) is 6.04 Å². The number of nitrogens with two attached hydrogens (primary N) is 1. The molecule has 2 N–H and O–H groups in total. The van der Waals surface area contributed by atoms with Crippen molar-refractivity contribution in [2.45, 2.75) is 45.6 Å². The van der Waals surface area contributed by atoms with Crippen LogP contribution in [-0.2, 0) is 6.42 Å². The second kappa shape index (κ2) is 5.41. The highest BCUT2D eigenvalue weighted by molar-refractivity contribution is 6.31. The van der Waals surface area contributed by atoms with Crippen molar-refractivity contribution >= 4 is 11.6 Å². The van der Waals surface area contributed by atoms with Crippen LogP contribution in [0.1, 0.15) is 37.3 Å². The molecule has 1 saturated carbocycles. The van der Waals surface area contributed by atoms with E-state index in [-0.39, 0.29) is 0 Å². The molecule has 3 atom stereocenters. The first-order valence-corrected chi connectivity index (χ1v) is 6.94. The van der Waals surface area contributed by atoms with Gasteiger partial charge in [-0.3, -0.25) is 0 Å². The van der Waals surface area contributed by atoms with E-state index in [1.165, 1.54) is 24.0 Å². The van der Waals surface area contributed by atoms with Crippen LogP contribution in [0.4, 0.5) is 0 Å². The van der Waals surface area contributed by atoms with Crippen LogP contribution in [0.5, 0.6) is 0 Å². The van der Waals surface area contributed by atoms with Gasteiger partial charge in [-0.1, -0.05) is 30.7 Å². The molecule has 1 aromatic carbocycles. The molecule has 0 radical (unpaired) electrons. The summed E-state index contributed by atoms with van der Waals surface area (Å²) < 4.78 is 0. The molecule has 2 heteroatoms. The SMILES string of the molecule is Cc1ccc(CC2CC(C)CCC2N)c(Cl)c1. The lowest BCUT2D eigenvalue weighted by molar-refractivity contribution is 0.245. The van der Waals surface area contributed by atoms with Crippen LogP contribution in [0.3, 0.4) is 0 Å². The fraction of sp³-hybridized carbons (Fsp3) is 0.600. The minimum atomic E-state index is 0.351. The summed E-state index contributed by atoms with van der Waals surface area (Å²) in [7, 11) is 0. The minimum Gasteiger partial charge on any atom is -0.327 e. The Labute approximate surface area is 109 Å². The Balaban J connectivity index is 2.08. The molecule has 0 aromatic heterocycles. The third-order valence-corrected chi connectivity index (χ3v) is 4.35. The van der Waals surface area contributed by atoms with Crippen LogP contribution in [0, 0.1) is 18.8 Å². The Morgan fingerprint density at radius 2 is 2.12 bits per heavy atom. The van der Waals surface area contributed by atoms with Crippen LogP contribution in [0.2, 0.25) is 5.02 Å². The van der Waals surface area contributed by atoms with Gasteiger partial charge in [-0.05, 0) is 61.6 Å². The van der Waals surface area contributed by atoms with Gasteiger partial charge >= 0.3 is 0 Å². The second-order valence-electron chi connectivity index (χ2n) is 5.64. The first-order chi connectivity index (χ1) is 8.06. The van der Waals surface area contributed by atoms with E-state index in [1.54, 1.807) is 0 Å². The van der Waals surface area contributed by atoms with E-state index < -0.39 is 0 Å². The molecule has 0 spiro atoms. The van der Waals surface area contributed by atoms with Crippen molar-refractivity contribution in [2.75, 3.05) is 0 Å². The van der Waals surface area contributed by atoms with Gasteiger partial charge in [0.25, 0.3) is 0 Å². The number of hydrogen-bond acceptors (Lipinski definition) is 1. The summed E-state index contributed by atoms with van der Waals surface area (Å²) in [5.74, 6) is 1.41. The van der Waals surface area contributed by atoms with Crippen molar-refractivity contribution in [3.63, 3.8) is 0 Å². The molecule has 0 bridgehead atoms. The molecule has 0 saturated heterocycles. The highest BCUT2D eigenvalue weighted by Crippen LogP contribution is 2.32. The monoisotopic (exact) mass is 251 g/mol. The van der Waals surface area contributed by atoms with Gasteiger partial charge in [0.05, 0.1) is 0 Å². The molecule has 17 heavy (non-hydrogen) atoms. The highest BCUT2D eigenvalue weighted by Gasteiger charge is 2.26. The first kappa shape index (κ1) is 12.9. The van der Waals surface area contributed by atoms with Crippen LogP contribution in [0.15, 0.2) is 18.2 Å². The Morgan fingerprint density at radius 3 is 2.82 bits per heavy atom. The average Bonchev–Trinajstić information content (AvgIpc) is 2.27. The predicted molar refractivity (Wildman–Crippen MR) is 74.4 cm³/mol. The molecule has 1 aliphatic rings. The van der Waals surface area contributed by atoms with E-state index in [0.29, 0.717) is 12.0 Å². The van der Waals surface area contributed by atoms with Crippen molar-refractivity contribution in [2.24, 2.45) is 17.6 Å². The van der Waals surface area contributed by atoms with Crippen molar-refractivity contribution < 1.29 is 0 Å². The molecular weight excluding hydrogens is 230 g/mol. The van der Waals surface area contributed by atoms with Gasteiger partial charge in [-0.15, -0.1) is 0 Å². The second-order valence-corrected chi connectivity index (χ2v) is 6.05. The summed E-state index contributed by atoms with van der Waals surface area (Å²) in [4.78, 5) is 0. The van der Waals surface area contributed by atoms with Crippen molar-refractivity contribution in [1.29, 1.82) is 0 Å². The molecule has 0 aliphatic heterocycles. The first-order valence-electron chi connectivity index (χ1n) is 6.57. The van der Waals surface area contributed by atoms with Crippen molar-refractivity contribution in [1.82, 2.24) is 0 Å². The number of hydrogen-bond donors (Lipinski definition) is 1. The van der Waals surface area contributed by atoms with Crippen LogP contribution >= 0.6 is 11.6 Å². The molecule has 3 unspecified atom stereocenters. The van der Waals surface area contributed by atoms with Crippen molar-refractivity contribution in [3.8, 4) is 0 Å². The van der Waals surface area contributed by atoms with Gasteiger partial charge in [0, 0.05) is 11.1 Å². The fourth-order valence-electron chi connectivity index (χ4n) is 2.86. The lowest BCUT2D eigenvalue weighted by Crippen LogP contribution is -2.36. The molecule has 1 nitrogen and oxygen atoms in total. The molecule has 1 fully saturated rings. The van der Waals surface area contributed by atoms with Crippen molar-refractivity contribution in [3.05, 3.63) is 34.3 Å². The lowest BCUT2D eigenvalue weighted by atomic mass is 9.76. The maximum atomic E-state index is 6.29. The zero-order valence-electron chi connectivity index (χ0n) is 10.7. The minimum absolute atomic E-state index is 0.351. The third-order valence-electron chi connectivity index (χ3n) is 3.99. The molecule has 0 heterocycles. The van der Waals surface area contributed by atoms with E-state index in [0.717, 1.165) is 23.8 Å². The molecule has 94 valence electrons. The van der Waals surface area contributed by atoms with E-state index in [9.17, 15) is 0 Å². The molecule has 2 rings (SSSR count). The van der Waals surface area contributed by atoms with Gasteiger partial charge in [0.2, 0.25) is 0 Å². The molecule has 1 aromatic rings. The quantitative estimate of drug-likeness (QED) is 0.846. The molecular formula is C15H22ClN. The summed E-state index contributed by atoms with van der Waals surface area (Å²) in [5.41, 5.74) is 8.70. The number of halogens is 1. The highest BCUT2D eigenvalue weighted by atomic mass is 35.5. The van der Waals surface area contributed by atoms with Gasteiger partial charge < -0.3 is 5.73 Å². The summed E-state index contributed by atoms with van der Waals surface area (Å²) in [6, 6.07) is 6.70. The molecule has 0 amide bonds. The summed E-state index contributed by atoms with van der Waals surface area (Å²) in [6.07, 6.45) is 4.71. The maximum Gasteiger partial charge on any atom is 0.0440 e. The Kier molecular flexibility index (Phi) is 4.11. The van der Waals surface area contributed by atoms with E-state index in [4.69, 9.17) is 17.3 Å². The van der Waals surface area contributed by atoms with Crippen LogP contribution in [0.25, 0.3) is 0 Å². The lowest BCUT2D eigenvalue weighted by Gasteiger charge is -2.32. The van der Waals surface area contributed by atoms with E-state index >= 15 is 0 Å². The van der Waals surface area contributed by atoms with Gasteiger partial charge in [0.15, 0.2) is 0 Å². The normalized spacial score (nSPS) is 29.3. The molecule has 1 aliphatic carbocycles. The summed E-state index contributed by atoms with van der Waals surface area (Å²) in [5, 5.41) is 0.899. The topological polar surface area (TPSA) is 26.0 Å². The standard InChI is InChI=1S/C15H22ClN/c1-10-4-6-15(17)13(7-10)9-12-5-3-11(2)8-14(12)16/h3,5,8,10,13,15H,4,6-7,9,17H2,1-2H3. The third kappa shape index (κ3) is 3.23. The number of aryl methyl sites for hydroxylation is 1.